The van der Waals surface area contributed by atoms with E-state index in [-0.39, 0.29) is 11.3 Å². The van der Waals surface area contributed by atoms with E-state index in [9.17, 15) is 4.79 Å². The normalized spacial score (nSPS) is 22.4. The fourth-order valence-electron chi connectivity index (χ4n) is 3.79. The van der Waals surface area contributed by atoms with Crippen LogP contribution in [-0.2, 0) is 10.2 Å². The van der Waals surface area contributed by atoms with Gasteiger partial charge in [-0.15, -0.1) is 0 Å². The molecule has 0 unspecified atom stereocenters. The maximum Gasteiger partial charge on any atom is 0.235 e. The van der Waals surface area contributed by atoms with Gasteiger partial charge in [0.15, 0.2) is 0 Å². The van der Waals surface area contributed by atoms with Gasteiger partial charge in [0.25, 0.3) is 0 Å². The van der Waals surface area contributed by atoms with Gasteiger partial charge >= 0.3 is 0 Å². The van der Waals surface area contributed by atoms with E-state index in [1.54, 1.807) is 0 Å². The predicted molar refractivity (Wildman–Crippen MR) is 81.9 cm³/mol. The van der Waals surface area contributed by atoms with Gasteiger partial charge in [0.05, 0.1) is 5.41 Å². The van der Waals surface area contributed by atoms with Crippen molar-refractivity contribution in [2.75, 3.05) is 18.4 Å². The molecule has 1 N–H and O–H groups in total. The Morgan fingerprint density at radius 3 is 2.45 bits per heavy atom. The molecule has 0 saturated carbocycles. The molecule has 1 aromatic rings. The van der Waals surface area contributed by atoms with Crippen molar-refractivity contribution in [2.45, 2.75) is 51.0 Å². The van der Waals surface area contributed by atoms with Crippen molar-refractivity contribution in [3.05, 3.63) is 29.8 Å². The molecule has 1 saturated heterocycles. The van der Waals surface area contributed by atoms with E-state index < -0.39 is 0 Å². The zero-order chi connectivity index (χ0) is 14.2. The summed E-state index contributed by atoms with van der Waals surface area (Å²) in [6.45, 7) is 6.73. The van der Waals surface area contributed by atoms with Crippen molar-refractivity contribution in [1.82, 2.24) is 4.90 Å². The number of carbonyl (C=O) groups excluding carboxylic acids is 1. The average Bonchev–Trinajstić information content (AvgIpc) is 2.66. The van der Waals surface area contributed by atoms with Crippen molar-refractivity contribution < 1.29 is 4.79 Å². The first kappa shape index (κ1) is 13.6. The molecule has 2 aliphatic heterocycles. The van der Waals surface area contributed by atoms with Crippen LogP contribution < -0.4 is 5.32 Å². The van der Waals surface area contributed by atoms with Gasteiger partial charge in [-0.2, -0.15) is 0 Å². The van der Waals surface area contributed by atoms with E-state index in [2.05, 4.69) is 36.2 Å². The van der Waals surface area contributed by atoms with Crippen molar-refractivity contribution >= 4 is 11.6 Å². The average molecular weight is 272 g/mol. The first-order chi connectivity index (χ1) is 9.63. The smallest absolute Gasteiger partial charge is 0.235 e. The molecule has 1 fully saturated rings. The minimum Gasteiger partial charge on any atom is -0.325 e. The van der Waals surface area contributed by atoms with Crippen LogP contribution in [0.15, 0.2) is 24.3 Å². The number of fused-ring (bicyclic) bond motifs is 2. The Bertz CT molecular complexity index is 499. The SMILES string of the molecule is CC(C)N1CCCC2(CCC1)C(=O)Nc1ccccc12. The quantitative estimate of drug-likeness (QED) is 0.851. The summed E-state index contributed by atoms with van der Waals surface area (Å²) in [5, 5.41) is 3.09. The second-order valence-corrected chi connectivity index (χ2v) is 6.42. The van der Waals surface area contributed by atoms with Crippen molar-refractivity contribution in [2.24, 2.45) is 0 Å². The molecular formula is C17H24N2O. The first-order valence-electron chi connectivity index (χ1n) is 7.78. The highest BCUT2D eigenvalue weighted by Crippen LogP contribution is 2.44. The molecule has 2 heterocycles. The molecule has 1 amide bonds. The van der Waals surface area contributed by atoms with Crippen molar-refractivity contribution in [1.29, 1.82) is 0 Å². The Labute approximate surface area is 121 Å². The highest BCUT2D eigenvalue weighted by Gasteiger charge is 2.46. The van der Waals surface area contributed by atoms with E-state index >= 15 is 0 Å². The molecule has 1 spiro atoms. The number of hydrogen-bond acceptors (Lipinski definition) is 2. The Morgan fingerprint density at radius 2 is 1.80 bits per heavy atom. The number of nitrogens with one attached hydrogen (secondary N) is 1. The zero-order valence-electron chi connectivity index (χ0n) is 12.5. The second kappa shape index (κ2) is 5.21. The monoisotopic (exact) mass is 272 g/mol. The van der Waals surface area contributed by atoms with Crippen LogP contribution in [-0.4, -0.2) is 29.9 Å². The number of nitrogens with zero attached hydrogens (tertiary/aromatic N) is 1. The van der Waals surface area contributed by atoms with Crippen LogP contribution in [0.25, 0.3) is 0 Å². The summed E-state index contributed by atoms with van der Waals surface area (Å²) in [6.07, 6.45) is 4.14. The number of carbonyl (C=O) groups is 1. The number of likely N-dealkylation sites (tertiary alicyclic amines) is 1. The Balaban J connectivity index is 1.85. The number of rotatable bonds is 1. The number of anilines is 1. The van der Waals surface area contributed by atoms with Crippen LogP contribution in [0, 0.1) is 0 Å². The predicted octanol–water partition coefficient (Wildman–Crippen LogP) is 3.16. The van der Waals surface area contributed by atoms with Gasteiger partial charge in [0.1, 0.15) is 0 Å². The van der Waals surface area contributed by atoms with Gasteiger partial charge in [-0.3, -0.25) is 4.79 Å². The third-order valence-corrected chi connectivity index (χ3v) is 4.95. The van der Waals surface area contributed by atoms with Gasteiger partial charge in [0, 0.05) is 11.7 Å². The van der Waals surface area contributed by atoms with Gasteiger partial charge in [0.2, 0.25) is 5.91 Å². The van der Waals surface area contributed by atoms with Gasteiger partial charge < -0.3 is 10.2 Å². The maximum atomic E-state index is 12.6. The lowest BCUT2D eigenvalue weighted by atomic mass is 9.73. The topological polar surface area (TPSA) is 32.3 Å². The highest BCUT2D eigenvalue weighted by molar-refractivity contribution is 6.06. The number of hydrogen-bond donors (Lipinski definition) is 1. The molecule has 0 atom stereocenters. The van der Waals surface area contributed by atoms with Crippen LogP contribution in [0.5, 0.6) is 0 Å². The summed E-state index contributed by atoms with van der Waals surface area (Å²) in [5.74, 6) is 0.219. The van der Waals surface area contributed by atoms with Crippen LogP contribution in [0.3, 0.4) is 0 Å². The minimum atomic E-state index is -0.264. The lowest BCUT2D eigenvalue weighted by Crippen LogP contribution is -2.41. The molecule has 3 heteroatoms. The first-order valence-corrected chi connectivity index (χ1v) is 7.78. The molecule has 108 valence electrons. The summed E-state index contributed by atoms with van der Waals surface area (Å²) < 4.78 is 0. The number of amides is 1. The van der Waals surface area contributed by atoms with E-state index in [1.165, 1.54) is 5.56 Å². The molecule has 0 aliphatic carbocycles. The summed E-state index contributed by atoms with van der Waals surface area (Å²) in [6, 6.07) is 8.83. The number of para-hydroxylation sites is 1. The lowest BCUT2D eigenvalue weighted by Gasteiger charge is -2.35. The van der Waals surface area contributed by atoms with Crippen LogP contribution in [0.4, 0.5) is 5.69 Å². The molecule has 20 heavy (non-hydrogen) atoms. The molecule has 1 aromatic carbocycles. The number of benzene rings is 1. The van der Waals surface area contributed by atoms with E-state index in [4.69, 9.17) is 0 Å². The summed E-state index contributed by atoms with van der Waals surface area (Å²) >= 11 is 0. The zero-order valence-corrected chi connectivity index (χ0v) is 12.5. The summed E-state index contributed by atoms with van der Waals surface area (Å²) in [7, 11) is 0. The van der Waals surface area contributed by atoms with E-state index in [1.807, 2.05) is 12.1 Å². The second-order valence-electron chi connectivity index (χ2n) is 6.42. The third-order valence-electron chi connectivity index (χ3n) is 4.95. The van der Waals surface area contributed by atoms with Gasteiger partial charge in [-0.25, -0.2) is 0 Å². The molecule has 0 aromatic heterocycles. The van der Waals surface area contributed by atoms with Gasteiger partial charge in [-0.1, -0.05) is 18.2 Å². The molecular weight excluding hydrogens is 248 g/mol. The van der Waals surface area contributed by atoms with Crippen LogP contribution in [0.2, 0.25) is 0 Å². The molecule has 0 bridgehead atoms. The Kier molecular flexibility index (Phi) is 3.55. The largest absolute Gasteiger partial charge is 0.325 e. The van der Waals surface area contributed by atoms with E-state index in [0.717, 1.165) is 44.5 Å². The highest BCUT2D eigenvalue weighted by atomic mass is 16.2. The summed E-state index contributed by atoms with van der Waals surface area (Å²) in [5.41, 5.74) is 1.99. The fraction of sp³-hybridized carbons (Fsp3) is 0.588. The Hall–Kier alpha value is -1.35. The third kappa shape index (κ3) is 2.14. The Morgan fingerprint density at radius 1 is 1.15 bits per heavy atom. The minimum absolute atomic E-state index is 0.219. The van der Waals surface area contributed by atoms with Crippen LogP contribution in [0.1, 0.15) is 45.1 Å². The van der Waals surface area contributed by atoms with Crippen LogP contribution >= 0.6 is 0 Å². The standard InChI is InChI=1S/C17H24N2O/c1-13(2)19-11-5-9-17(10-6-12-19)14-7-3-4-8-15(14)18-16(17)20/h3-4,7-8,13H,5-6,9-12H2,1-2H3,(H,18,20). The van der Waals surface area contributed by atoms with E-state index in [0.29, 0.717) is 6.04 Å². The van der Waals surface area contributed by atoms with Crippen molar-refractivity contribution in [3.8, 4) is 0 Å². The summed E-state index contributed by atoms with van der Waals surface area (Å²) in [4.78, 5) is 15.1. The van der Waals surface area contributed by atoms with Gasteiger partial charge in [-0.05, 0) is 64.3 Å². The molecule has 3 rings (SSSR count). The lowest BCUT2D eigenvalue weighted by molar-refractivity contribution is -0.121. The molecule has 2 aliphatic rings. The molecule has 0 radical (unpaired) electrons. The van der Waals surface area contributed by atoms with Crippen molar-refractivity contribution in [3.63, 3.8) is 0 Å². The maximum absolute atomic E-state index is 12.6. The fourth-order valence-corrected chi connectivity index (χ4v) is 3.79. The molecule has 3 nitrogen and oxygen atoms in total.